The number of aryl methyl sites for hydroxylation is 1. The Kier molecular flexibility index (Phi) is 2.50. The van der Waals surface area contributed by atoms with Crippen LogP contribution in [0.5, 0.6) is 0 Å². The zero-order valence-corrected chi connectivity index (χ0v) is 11.5. The highest BCUT2D eigenvalue weighted by atomic mass is 32.1. The fraction of sp³-hybridized carbons (Fsp3) is 0.200. The Hall–Kier alpha value is -2.01. The van der Waals surface area contributed by atoms with E-state index in [2.05, 4.69) is 9.97 Å². The molecular formula is C15H12FN3S. The van der Waals surface area contributed by atoms with Crippen molar-refractivity contribution in [2.24, 2.45) is 0 Å². The van der Waals surface area contributed by atoms with E-state index in [9.17, 15) is 4.39 Å². The van der Waals surface area contributed by atoms with Crippen LogP contribution in [0.3, 0.4) is 0 Å². The van der Waals surface area contributed by atoms with Crippen LogP contribution in [-0.2, 0) is 12.8 Å². The zero-order chi connectivity index (χ0) is 13.7. The third-order valence-electron chi connectivity index (χ3n) is 3.75. The summed E-state index contributed by atoms with van der Waals surface area (Å²) in [6, 6.07) is 4.74. The lowest BCUT2D eigenvalue weighted by Gasteiger charge is -2.10. The average molecular weight is 285 g/mol. The number of thiazole rings is 1. The number of fused-ring (bicyclic) bond motifs is 2. The molecule has 1 aliphatic carbocycles. The second-order valence-electron chi connectivity index (χ2n) is 5.00. The highest BCUT2D eigenvalue weighted by Gasteiger charge is 2.22. The maximum absolute atomic E-state index is 13.6. The summed E-state index contributed by atoms with van der Waals surface area (Å²) in [5.41, 5.74) is 10.7. The van der Waals surface area contributed by atoms with Crippen LogP contribution in [0.25, 0.3) is 22.2 Å². The van der Waals surface area contributed by atoms with E-state index in [0.29, 0.717) is 5.13 Å². The Morgan fingerprint density at radius 3 is 2.90 bits per heavy atom. The van der Waals surface area contributed by atoms with E-state index in [1.54, 1.807) is 12.1 Å². The van der Waals surface area contributed by atoms with Gasteiger partial charge in [-0.15, -0.1) is 11.3 Å². The minimum absolute atomic E-state index is 0.248. The minimum Gasteiger partial charge on any atom is -0.375 e. The molecule has 2 aromatic heterocycles. The van der Waals surface area contributed by atoms with E-state index >= 15 is 0 Å². The maximum atomic E-state index is 13.6. The van der Waals surface area contributed by atoms with E-state index in [-0.39, 0.29) is 5.82 Å². The van der Waals surface area contributed by atoms with Gasteiger partial charge in [-0.3, -0.25) is 4.98 Å². The quantitative estimate of drug-likeness (QED) is 0.743. The van der Waals surface area contributed by atoms with E-state index in [0.717, 1.165) is 47.1 Å². The number of pyridine rings is 1. The molecule has 0 saturated carbocycles. The molecule has 20 heavy (non-hydrogen) atoms. The molecule has 3 nitrogen and oxygen atoms in total. The number of rotatable bonds is 1. The van der Waals surface area contributed by atoms with Crippen molar-refractivity contribution in [2.75, 3.05) is 5.73 Å². The summed E-state index contributed by atoms with van der Waals surface area (Å²) in [6.07, 6.45) is 3.05. The second kappa shape index (κ2) is 4.24. The predicted octanol–water partition coefficient (Wildman–Crippen LogP) is 3.57. The van der Waals surface area contributed by atoms with Crippen molar-refractivity contribution in [1.82, 2.24) is 9.97 Å². The van der Waals surface area contributed by atoms with Crippen LogP contribution in [0.15, 0.2) is 23.6 Å². The van der Waals surface area contributed by atoms with E-state index in [4.69, 9.17) is 5.73 Å². The summed E-state index contributed by atoms with van der Waals surface area (Å²) in [5.74, 6) is -0.248. The van der Waals surface area contributed by atoms with Gasteiger partial charge in [0.25, 0.3) is 0 Å². The molecule has 2 N–H and O–H groups in total. The largest absolute Gasteiger partial charge is 0.375 e. The van der Waals surface area contributed by atoms with Gasteiger partial charge in [-0.25, -0.2) is 9.37 Å². The van der Waals surface area contributed by atoms with Gasteiger partial charge in [-0.2, -0.15) is 0 Å². The lowest BCUT2D eigenvalue weighted by Crippen LogP contribution is -1.96. The lowest BCUT2D eigenvalue weighted by atomic mass is 9.99. The molecule has 4 rings (SSSR count). The summed E-state index contributed by atoms with van der Waals surface area (Å²) in [7, 11) is 0. The Bertz CT molecular complexity index is 825. The average Bonchev–Trinajstić information content (AvgIpc) is 3.04. The van der Waals surface area contributed by atoms with E-state index in [1.807, 2.05) is 5.38 Å². The minimum atomic E-state index is -0.248. The number of nitrogens with zero attached hydrogens (tertiary/aromatic N) is 2. The van der Waals surface area contributed by atoms with Crippen LogP contribution in [-0.4, -0.2) is 9.97 Å². The van der Waals surface area contributed by atoms with Gasteiger partial charge < -0.3 is 5.73 Å². The van der Waals surface area contributed by atoms with E-state index in [1.165, 1.54) is 23.0 Å². The molecule has 2 heterocycles. The van der Waals surface area contributed by atoms with Crippen molar-refractivity contribution < 1.29 is 4.39 Å². The first-order valence-corrected chi connectivity index (χ1v) is 7.43. The number of halogens is 1. The van der Waals surface area contributed by atoms with Gasteiger partial charge in [0.1, 0.15) is 5.82 Å². The van der Waals surface area contributed by atoms with Crippen molar-refractivity contribution in [3.05, 3.63) is 40.7 Å². The van der Waals surface area contributed by atoms with Gasteiger partial charge in [0.2, 0.25) is 0 Å². The Labute approximate surface area is 119 Å². The Morgan fingerprint density at radius 2 is 2.10 bits per heavy atom. The molecule has 3 aromatic rings. The fourth-order valence-electron chi connectivity index (χ4n) is 2.93. The molecule has 0 amide bonds. The highest BCUT2D eigenvalue weighted by molar-refractivity contribution is 7.13. The molecule has 0 aliphatic heterocycles. The molecule has 0 spiro atoms. The number of hydrogen-bond acceptors (Lipinski definition) is 4. The number of hydrogen-bond donors (Lipinski definition) is 1. The number of anilines is 1. The summed E-state index contributed by atoms with van der Waals surface area (Å²) < 4.78 is 13.6. The SMILES string of the molecule is Nc1nc(-c2c3c(nc4ccc(F)cc24)CCC3)cs1. The number of nitrogens with two attached hydrogens (primary N) is 1. The third-order valence-corrected chi connectivity index (χ3v) is 4.43. The first-order chi connectivity index (χ1) is 9.72. The second-order valence-corrected chi connectivity index (χ2v) is 5.89. The first kappa shape index (κ1) is 11.8. The number of benzene rings is 1. The molecule has 1 aromatic carbocycles. The molecular weight excluding hydrogens is 273 g/mol. The number of aromatic nitrogens is 2. The van der Waals surface area contributed by atoms with Crippen molar-refractivity contribution in [1.29, 1.82) is 0 Å². The van der Waals surface area contributed by atoms with Crippen molar-refractivity contribution >= 4 is 27.4 Å². The summed E-state index contributed by atoms with van der Waals surface area (Å²) in [6.45, 7) is 0. The Morgan fingerprint density at radius 1 is 1.20 bits per heavy atom. The molecule has 0 radical (unpaired) electrons. The van der Waals surface area contributed by atoms with Crippen molar-refractivity contribution in [2.45, 2.75) is 19.3 Å². The van der Waals surface area contributed by atoms with Crippen molar-refractivity contribution in [3.63, 3.8) is 0 Å². The first-order valence-electron chi connectivity index (χ1n) is 6.55. The van der Waals surface area contributed by atoms with Crippen LogP contribution in [0.1, 0.15) is 17.7 Å². The molecule has 5 heteroatoms. The maximum Gasteiger partial charge on any atom is 0.180 e. The van der Waals surface area contributed by atoms with Crippen LogP contribution < -0.4 is 5.73 Å². The van der Waals surface area contributed by atoms with Gasteiger partial charge in [-0.05, 0) is 43.0 Å². The molecule has 1 aliphatic rings. The smallest absolute Gasteiger partial charge is 0.180 e. The molecule has 0 saturated heterocycles. The predicted molar refractivity (Wildman–Crippen MR) is 79.2 cm³/mol. The van der Waals surface area contributed by atoms with Gasteiger partial charge in [0.05, 0.1) is 11.2 Å². The lowest BCUT2D eigenvalue weighted by molar-refractivity contribution is 0.629. The van der Waals surface area contributed by atoms with Crippen LogP contribution >= 0.6 is 11.3 Å². The zero-order valence-electron chi connectivity index (χ0n) is 10.7. The van der Waals surface area contributed by atoms with E-state index < -0.39 is 0 Å². The summed E-state index contributed by atoms with van der Waals surface area (Å²) in [5, 5.41) is 3.30. The molecule has 100 valence electrons. The van der Waals surface area contributed by atoms with Crippen molar-refractivity contribution in [3.8, 4) is 11.3 Å². The molecule has 0 bridgehead atoms. The van der Waals surface area contributed by atoms with Crippen LogP contribution in [0.4, 0.5) is 9.52 Å². The molecule has 0 atom stereocenters. The third kappa shape index (κ3) is 1.70. The van der Waals surface area contributed by atoms with Gasteiger partial charge >= 0.3 is 0 Å². The standard InChI is InChI=1S/C15H12FN3S/c16-8-4-5-12-10(6-8)14(13-7-20-15(17)19-13)9-2-1-3-11(9)18-12/h4-7H,1-3H2,(H2,17,19). The summed E-state index contributed by atoms with van der Waals surface area (Å²) in [4.78, 5) is 9.05. The van der Waals surface area contributed by atoms with Gasteiger partial charge in [0.15, 0.2) is 5.13 Å². The normalized spacial score (nSPS) is 13.8. The van der Waals surface area contributed by atoms with Gasteiger partial charge in [-0.1, -0.05) is 0 Å². The topological polar surface area (TPSA) is 51.8 Å². The number of nitrogen functional groups attached to an aromatic ring is 1. The fourth-order valence-corrected chi connectivity index (χ4v) is 3.48. The summed E-state index contributed by atoms with van der Waals surface area (Å²) >= 11 is 1.41. The molecule has 0 fully saturated rings. The highest BCUT2D eigenvalue weighted by Crippen LogP contribution is 2.38. The van der Waals surface area contributed by atoms with Crippen LogP contribution in [0, 0.1) is 5.82 Å². The monoisotopic (exact) mass is 285 g/mol. The molecule has 0 unspecified atom stereocenters. The van der Waals surface area contributed by atoms with Crippen LogP contribution in [0.2, 0.25) is 0 Å². The van der Waals surface area contributed by atoms with Gasteiger partial charge in [0, 0.05) is 22.0 Å². The Balaban J connectivity index is 2.12.